The van der Waals surface area contributed by atoms with E-state index in [2.05, 4.69) is 39.4 Å². The van der Waals surface area contributed by atoms with E-state index in [4.69, 9.17) is 23.8 Å². The fourth-order valence-electron chi connectivity index (χ4n) is 2.55. The van der Waals surface area contributed by atoms with Crippen LogP contribution < -0.4 is 5.32 Å². The lowest BCUT2D eigenvalue weighted by Gasteiger charge is -2.21. The molecule has 22 heavy (non-hydrogen) atoms. The van der Waals surface area contributed by atoms with E-state index < -0.39 is 0 Å². The molecule has 0 spiro atoms. The van der Waals surface area contributed by atoms with Gasteiger partial charge in [-0.25, -0.2) is 0 Å². The summed E-state index contributed by atoms with van der Waals surface area (Å²) in [5.41, 5.74) is 2.26. The number of anilines is 1. The molecule has 2 aromatic carbocycles. The number of rotatable bonds is 3. The van der Waals surface area contributed by atoms with E-state index >= 15 is 0 Å². The molecule has 0 radical (unpaired) electrons. The van der Waals surface area contributed by atoms with Crippen molar-refractivity contribution < 1.29 is 0 Å². The van der Waals surface area contributed by atoms with Crippen molar-refractivity contribution in [1.82, 2.24) is 9.80 Å². The average Bonchev–Trinajstić information content (AvgIpc) is 2.97. The van der Waals surface area contributed by atoms with Crippen molar-refractivity contribution in [3.05, 3.63) is 65.2 Å². The molecule has 1 saturated heterocycles. The second-order valence-electron chi connectivity index (χ2n) is 5.38. The van der Waals surface area contributed by atoms with Crippen molar-refractivity contribution in [3.8, 4) is 0 Å². The van der Waals surface area contributed by atoms with Gasteiger partial charge in [0.2, 0.25) is 0 Å². The van der Waals surface area contributed by atoms with Gasteiger partial charge >= 0.3 is 0 Å². The Morgan fingerprint density at radius 2 is 1.91 bits per heavy atom. The smallest absolute Gasteiger partial charge is 0.174 e. The Morgan fingerprint density at radius 1 is 1.09 bits per heavy atom. The van der Waals surface area contributed by atoms with Crippen LogP contribution in [-0.2, 0) is 6.54 Å². The maximum absolute atomic E-state index is 6.00. The molecule has 1 aliphatic rings. The molecular formula is C17H18ClN3S. The summed E-state index contributed by atoms with van der Waals surface area (Å²) < 4.78 is 0. The Hall–Kier alpha value is -1.62. The van der Waals surface area contributed by atoms with Crippen LogP contribution in [0.2, 0.25) is 5.02 Å². The molecule has 2 aromatic rings. The molecule has 114 valence electrons. The fourth-order valence-corrected chi connectivity index (χ4v) is 3.01. The minimum absolute atomic E-state index is 0.708. The third-order valence-corrected chi connectivity index (χ3v) is 4.26. The van der Waals surface area contributed by atoms with Gasteiger partial charge in [-0.3, -0.25) is 4.90 Å². The Bertz CT molecular complexity index is 647. The number of thiocarbonyl (C=S) groups is 1. The number of halogens is 1. The molecule has 5 heteroatoms. The highest BCUT2D eigenvalue weighted by Crippen LogP contribution is 2.17. The van der Waals surface area contributed by atoms with Crippen LogP contribution in [0.5, 0.6) is 0 Å². The Morgan fingerprint density at radius 3 is 2.68 bits per heavy atom. The summed E-state index contributed by atoms with van der Waals surface area (Å²) in [6.45, 7) is 3.77. The standard InChI is InChI=1S/C17H18ClN3S/c18-15-7-4-8-16(11-15)19-17(22)21-10-9-20(13-21)12-14-5-2-1-3-6-14/h1-8,11H,9-10,12-13H2,(H,19,22). The van der Waals surface area contributed by atoms with Crippen molar-refractivity contribution in [2.45, 2.75) is 6.54 Å². The van der Waals surface area contributed by atoms with E-state index in [0.29, 0.717) is 5.02 Å². The van der Waals surface area contributed by atoms with Crippen LogP contribution in [0, 0.1) is 0 Å². The third kappa shape index (κ3) is 3.97. The number of benzene rings is 2. The lowest BCUT2D eigenvalue weighted by molar-refractivity contribution is 0.295. The SMILES string of the molecule is S=C(Nc1cccc(Cl)c1)N1CCN(Cc2ccccc2)C1. The Kier molecular flexibility index (Phi) is 4.93. The minimum Gasteiger partial charge on any atom is -0.335 e. The largest absolute Gasteiger partial charge is 0.335 e. The summed E-state index contributed by atoms with van der Waals surface area (Å²) in [6, 6.07) is 18.1. The van der Waals surface area contributed by atoms with Gasteiger partial charge in [-0.1, -0.05) is 48.0 Å². The van der Waals surface area contributed by atoms with Gasteiger partial charge in [0, 0.05) is 30.3 Å². The maximum Gasteiger partial charge on any atom is 0.174 e. The Balaban J connectivity index is 1.55. The minimum atomic E-state index is 0.708. The molecule has 1 aliphatic heterocycles. The molecular weight excluding hydrogens is 314 g/mol. The first-order valence-electron chi connectivity index (χ1n) is 7.28. The van der Waals surface area contributed by atoms with Crippen LogP contribution >= 0.6 is 23.8 Å². The van der Waals surface area contributed by atoms with Gasteiger partial charge in [0.05, 0.1) is 6.67 Å². The van der Waals surface area contributed by atoms with E-state index in [-0.39, 0.29) is 0 Å². The summed E-state index contributed by atoms with van der Waals surface area (Å²) in [6.07, 6.45) is 0. The van der Waals surface area contributed by atoms with Gasteiger partial charge in [0.15, 0.2) is 5.11 Å². The molecule has 0 unspecified atom stereocenters. The molecule has 1 N–H and O–H groups in total. The molecule has 0 bridgehead atoms. The highest BCUT2D eigenvalue weighted by atomic mass is 35.5. The van der Waals surface area contributed by atoms with Crippen LogP contribution in [0.1, 0.15) is 5.56 Å². The fraction of sp³-hybridized carbons (Fsp3) is 0.235. The second-order valence-corrected chi connectivity index (χ2v) is 6.21. The Labute approximate surface area is 141 Å². The first-order chi connectivity index (χ1) is 10.7. The zero-order valence-corrected chi connectivity index (χ0v) is 13.8. The van der Waals surface area contributed by atoms with Gasteiger partial charge in [-0.2, -0.15) is 0 Å². The summed E-state index contributed by atoms with van der Waals surface area (Å²) >= 11 is 11.5. The first kappa shape index (κ1) is 15.3. The van der Waals surface area contributed by atoms with Crippen molar-refractivity contribution in [2.24, 2.45) is 0 Å². The quantitative estimate of drug-likeness (QED) is 0.862. The number of hydrogen-bond acceptors (Lipinski definition) is 2. The predicted molar refractivity (Wildman–Crippen MR) is 96.1 cm³/mol. The van der Waals surface area contributed by atoms with Gasteiger partial charge in [-0.15, -0.1) is 0 Å². The van der Waals surface area contributed by atoms with Crippen molar-refractivity contribution in [1.29, 1.82) is 0 Å². The molecule has 1 fully saturated rings. The normalized spacial score (nSPS) is 15.0. The summed E-state index contributed by atoms with van der Waals surface area (Å²) in [5.74, 6) is 0. The molecule has 1 heterocycles. The van der Waals surface area contributed by atoms with Crippen LogP contribution in [0.4, 0.5) is 5.69 Å². The van der Waals surface area contributed by atoms with Crippen molar-refractivity contribution in [3.63, 3.8) is 0 Å². The summed E-state index contributed by atoms with van der Waals surface area (Å²) in [5, 5.41) is 4.71. The van der Waals surface area contributed by atoms with Crippen LogP contribution in [0.3, 0.4) is 0 Å². The molecule has 0 atom stereocenters. The van der Waals surface area contributed by atoms with Crippen LogP contribution in [0.15, 0.2) is 54.6 Å². The highest BCUT2D eigenvalue weighted by molar-refractivity contribution is 7.80. The zero-order valence-electron chi connectivity index (χ0n) is 12.2. The predicted octanol–water partition coefficient (Wildman–Crippen LogP) is 3.81. The van der Waals surface area contributed by atoms with Gasteiger partial charge < -0.3 is 10.2 Å². The van der Waals surface area contributed by atoms with Crippen LogP contribution in [0.25, 0.3) is 0 Å². The van der Waals surface area contributed by atoms with E-state index in [1.165, 1.54) is 5.56 Å². The van der Waals surface area contributed by atoms with E-state index in [1.54, 1.807) is 0 Å². The van der Waals surface area contributed by atoms with Crippen LogP contribution in [-0.4, -0.2) is 34.7 Å². The third-order valence-electron chi connectivity index (χ3n) is 3.67. The second kappa shape index (κ2) is 7.09. The first-order valence-corrected chi connectivity index (χ1v) is 8.07. The molecule has 0 amide bonds. The lowest BCUT2D eigenvalue weighted by atomic mass is 10.2. The number of hydrogen-bond donors (Lipinski definition) is 1. The monoisotopic (exact) mass is 331 g/mol. The number of nitrogens with one attached hydrogen (secondary N) is 1. The number of nitrogens with zero attached hydrogens (tertiary/aromatic N) is 2. The summed E-state index contributed by atoms with van der Waals surface area (Å²) in [4.78, 5) is 4.57. The van der Waals surface area contributed by atoms with E-state index in [0.717, 1.165) is 37.1 Å². The van der Waals surface area contributed by atoms with Gasteiger partial charge in [0.1, 0.15) is 0 Å². The summed E-state index contributed by atoms with van der Waals surface area (Å²) in [7, 11) is 0. The van der Waals surface area contributed by atoms with Crippen molar-refractivity contribution >= 4 is 34.6 Å². The topological polar surface area (TPSA) is 18.5 Å². The van der Waals surface area contributed by atoms with Crippen molar-refractivity contribution in [2.75, 3.05) is 25.1 Å². The highest BCUT2D eigenvalue weighted by Gasteiger charge is 2.21. The molecule has 3 rings (SSSR count). The average molecular weight is 332 g/mol. The molecule has 0 saturated carbocycles. The maximum atomic E-state index is 6.00. The van der Waals surface area contributed by atoms with E-state index in [1.807, 2.05) is 30.3 Å². The zero-order chi connectivity index (χ0) is 15.4. The molecule has 0 aromatic heterocycles. The van der Waals surface area contributed by atoms with E-state index in [9.17, 15) is 0 Å². The van der Waals surface area contributed by atoms with Gasteiger partial charge in [-0.05, 0) is 36.0 Å². The van der Waals surface area contributed by atoms with Gasteiger partial charge in [0.25, 0.3) is 0 Å². The lowest BCUT2D eigenvalue weighted by Crippen LogP contribution is -2.34. The molecule has 0 aliphatic carbocycles. The molecule has 3 nitrogen and oxygen atoms in total.